The van der Waals surface area contributed by atoms with Crippen LogP contribution in [0.2, 0.25) is 0 Å². The summed E-state index contributed by atoms with van der Waals surface area (Å²) in [7, 11) is 0. The van der Waals surface area contributed by atoms with Crippen molar-refractivity contribution in [3.8, 4) is 5.75 Å². The number of ether oxygens (including phenoxy) is 1. The number of benzene rings is 2. The van der Waals surface area contributed by atoms with E-state index in [4.69, 9.17) is 4.74 Å². The van der Waals surface area contributed by atoms with Gasteiger partial charge in [-0.05, 0) is 104 Å². The van der Waals surface area contributed by atoms with Gasteiger partial charge in [0.2, 0.25) is 0 Å². The average Bonchev–Trinajstić information content (AvgIpc) is 2.81. The molecule has 1 nitrogen and oxygen atoms in total. The monoisotopic (exact) mass is 402 g/mol. The zero-order valence-electron chi connectivity index (χ0n) is 18.5. The molecule has 0 radical (unpaired) electrons. The third-order valence-electron chi connectivity index (χ3n) is 7.73. The Morgan fingerprint density at radius 3 is 2.07 bits per heavy atom. The first kappa shape index (κ1) is 21.2. The highest BCUT2D eigenvalue weighted by atomic mass is 16.5. The molecule has 0 amide bonds. The quantitative estimate of drug-likeness (QED) is 0.402. The summed E-state index contributed by atoms with van der Waals surface area (Å²) in [6, 6.07) is 13.5. The summed E-state index contributed by atoms with van der Waals surface area (Å²) in [5.41, 5.74) is 1.53. The average molecular weight is 403 g/mol. The van der Waals surface area contributed by atoms with Gasteiger partial charge in [0.05, 0.1) is 0 Å². The van der Waals surface area contributed by atoms with Crippen molar-refractivity contribution in [2.24, 2.45) is 17.8 Å². The predicted octanol–water partition coefficient (Wildman–Crippen LogP) is 8.45. The topological polar surface area (TPSA) is 9.23 Å². The van der Waals surface area contributed by atoms with E-state index in [0.29, 0.717) is 6.61 Å². The van der Waals surface area contributed by atoms with Gasteiger partial charge < -0.3 is 4.74 Å². The zero-order valence-corrected chi connectivity index (χ0v) is 18.5. The van der Waals surface area contributed by atoms with Gasteiger partial charge in [0.15, 0.2) is 0 Å². The Balaban J connectivity index is 1.27. The van der Waals surface area contributed by atoms with Crippen LogP contribution in [0, 0.1) is 17.8 Å². The minimum atomic E-state index is 0.558. The van der Waals surface area contributed by atoms with Gasteiger partial charge in [0.1, 0.15) is 12.4 Å². The maximum atomic E-state index is 5.68. The summed E-state index contributed by atoms with van der Waals surface area (Å²) in [6.07, 6.45) is 18.1. The molecule has 0 heterocycles. The van der Waals surface area contributed by atoms with Gasteiger partial charge in [-0.25, -0.2) is 0 Å². The fourth-order valence-corrected chi connectivity index (χ4v) is 5.71. The molecule has 2 aliphatic carbocycles. The second-order valence-corrected chi connectivity index (χ2v) is 9.68. The molecule has 0 atom stereocenters. The van der Waals surface area contributed by atoms with Gasteiger partial charge in [-0.1, -0.05) is 55.8 Å². The summed E-state index contributed by atoms with van der Waals surface area (Å²) >= 11 is 0. The molecule has 0 aromatic heterocycles. The highest BCUT2D eigenvalue weighted by molar-refractivity contribution is 5.84. The van der Waals surface area contributed by atoms with Crippen LogP contribution in [0.4, 0.5) is 0 Å². The Labute approximate surface area is 183 Å². The van der Waals surface area contributed by atoms with E-state index in [1.807, 2.05) is 0 Å². The first-order valence-corrected chi connectivity index (χ1v) is 12.1. The van der Waals surface area contributed by atoms with Gasteiger partial charge in [0, 0.05) is 0 Å². The lowest BCUT2D eigenvalue weighted by atomic mass is 9.74. The number of allylic oxidation sites excluding steroid dienone is 1. The predicted molar refractivity (Wildman–Crippen MR) is 129 cm³/mol. The van der Waals surface area contributed by atoms with Crippen LogP contribution in [0.5, 0.6) is 5.75 Å². The van der Waals surface area contributed by atoms with Crippen molar-refractivity contribution in [2.75, 3.05) is 6.61 Å². The van der Waals surface area contributed by atoms with Crippen LogP contribution in [0.15, 0.2) is 61.7 Å². The van der Waals surface area contributed by atoms with Crippen LogP contribution in [0.1, 0.15) is 75.7 Å². The normalized spacial score (nSPS) is 26.9. The van der Waals surface area contributed by atoms with Crippen molar-refractivity contribution in [1.29, 1.82) is 0 Å². The molecule has 2 aromatic rings. The molecule has 0 spiro atoms. The standard InChI is InChI=1S/C29H38O/c1-3-19-30-29-18-17-27-20-26(15-16-28(27)21-29)25-13-11-24(12-14-25)10-9-23-7-5-22(4-2)6-8-23/h3-4,15-18,20-25H,1-2,5-14,19H2. The molecule has 2 saturated carbocycles. The Morgan fingerprint density at radius 2 is 1.40 bits per heavy atom. The molecule has 2 aliphatic rings. The first-order valence-electron chi connectivity index (χ1n) is 12.1. The van der Waals surface area contributed by atoms with Crippen molar-refractivity contribution in [1.82, 2.24) is 0 Å². The molecule has 0 bridgehead atoms. The van der Waals surface area contributed by atoms with E-state index in [2.05, 4.69) is 55.6 Å². The van der Waals surface area contributed by atoms with Gasteiger partial charge in [-0.3, -0.25) is 0 Å². The second kappa shape index (κ2) is 10.3. The summed E-state index contributed by atoms with van der Waals surface area (Å²) in [5, 5.41) is 2.59. The lowest BCUT2D eigenvalue weighted by Gasteiger charge is -2.31. The zero-order chi connectivity index (χ0) is 20.8. The van der Waals surface area contributed by atoms with E-state index in [1.54, 1.807) is 6.08 Å². The third kappa shape index (κ3) is 5.36. The van der Waals surface area contributed by atoms with Crippen LogP contribution < -0.4 is 4.74 Å². The van der Waals surface area contributed by atoms with Gasteiger partial charge >= 0.3 is 0 Å². The van der Waals surface area contributed by atoms with Crippen molar-refractivity contribution in [3.63, 3.8) is 0 Å². The smallest absolute Gasteiger partial charge is 0.120 e. The van der Waals surface area contributed by atoms with Crippen LogP contribution in [0.3, 0.4) is 0 Å². The van der Waals surface area contributed by atoms with E-state index < -0.39 is 0 Å². The Bertz CT molecular complexity index is 835. The Hall–Kier alpha value is -2.02. The van der Waals surface area contributed by atoms with E-state index in [-0.39, 0.29) is 0 Å². The first-order chi connectivity index (χ1) is 14.7. The molecule has 0 saturated heterocycles. The highest BCUT2D eigenvalue weighted by Gasteiger charge is 2.25. The van der Waals surface area contributed by atoms with Crippen LogP contribution in [-0.2, 0) is 0 Å². The SMILES string of the molecule is C=CCOc1ccc2cc(C3CCC(CCC4CCC(C=C)CC4)CC3)ccc2c1. The lowest BCUT2D eigenvalue weighted by Crippen LogP contribution is -2.17. The fraction of sp³-hybridized carbons (Fsp3) is 0.517. The van der Waals surface area contributed by atoms with E-state index >= 15 is 0 Å². The van der Waals surface area contributed by atoms with E-state index in [9.17, 15) is 0 Å². The number of hydrogen-bond donors (Lipinski definition) is 0. The molecule has 4 rings (SSSR count). The molecule has 0 unspecified atom stereocenters. The van der Waals surface area contributed by atoms with Gasteiger partial charge in [-0.2, -0.15) is 0 Å². The molecule has 0 N–H and O–H groups in total. The van der Waals surface area contributed by atoms with Gasteiger partial charge in [-0.15, -0.1) is 6.58 Å². The third-order valence-corrected chi connectivity index (χ3v) is 7.73. The summed E-state index contributed by atoms with van der Waals surface area (Å²) in [5.74, 6) is 4.41. The minimum absolute atomic E-state index is 0.558. The minimum Gasteiger partial charge on any atom is -0.490 e. The number of fused-ring (bicyclic) bond motifs is 1. The molecule has 30 heavy (non-hydrogen) atoms. The summed E-state index contributed by atoms with van der Waals surface area (Å²) in [4.78, 5) is 0. The lowest BCUT2D eigenvalue weighted by molar-refractivity contribution is 0.246. The summed E-state index contributed by atoms with van der Waals surface area (Å²) < 4.78 is 5.68. The molecule has 0 aliphatic heterocycles. The van der Waals surface area contributed by atoms with Crippen molar-refractivity contribution in [2.45, 2.75) is 70.1 Å². The number of hydrogen-bond acceptors (Lipinski definition) is 1. The largest absolute Gasteiger partial charge is 0.490 e. The van der Waals surface area contributed by atoms with E-state index in [0.717, 1.165) is 29.4 Å². The van der Waals surface area contributed by atoms with E-state index in [1.165, 1.54) is 80.5 Å². The second-order valence-electron chi connectivity index (χ2n) is 9.68. The van der Waals surface area contributed by atoms with Crippen LogP contribution in [0.25, 0.3) is 10.8 Å². The van der Waals surface area contributed by atoms with Gasteiger partial charge in [0.25, 0.3) is 0 Å². The van der Waals surface area contributed by atoms with Crippen molar-refractivity contribution < 1.29 is 4.74 Å². The van der Waals surface area contributed by atoms with Crippen LogP contribution >= 0.6 is 0 Å². The molecule has 2 fully saturated rings. The Kier molecular flexibility index (Phi) is 7.31. The van der Waals surface area contributed by atoms with Crippen molar-refractivity contribution in [3.05, 3.63) is 67.3 Å². The van der Waals surface area contributed by atoms with Crippen LogP contribution in [-0.4, -0.2) is 6.61 Å². The maximum Gasteiger partial charge on any atom is 0.120 e. The summed E-state index contributed by atoms with van der Waals surface area (Å²) in [6.45, 7) is 8.26. The Morgan fingerprint density at radius 1 is 0.767 bits per heavy atom. The number of rotatable bonds is 8. The molecule has 160 valence electrons. The fourth-order valence-electron chi connectivity index (χ4n) is 5.71. The van der Waals surface area contributed by atoms with Crippen molar-refractivity contribution >= 4 is 10.8 Å². The maximum absolute atomic E-state index is 5.68. The molecule has 1 heteroatoms. The highest BCUT2D eigenvalue weighted by Crippen LogP contribution is 2.40. The molecule has 2 aromatic carbocycles. The molecular weight excluding hydrogens is 364 g/mol. The molecular formula is C29H38O.